The molecule has 1 heterocycles. The number of rotatable bonds is 5. The van der Waals surface area contributed by atoms with Gasteiger partial charge in [0.2, 0.25) is 0 Å². The van der Waals surface area contributed by atoms with Crippen LogP contribution in [0.3, 0.4) is 0 Å². The summed E-state index contributed by atoms with van der Waals surface area (Å²) >= 11 is 0. The minimum Gasteiger partial charge on any atom is -0.478 e. The maximum absolute atomic E-state index is 13.7. The highest BCUT2D eigenvalue weighted by Crippen LogP contribution is 2.19. The van der Waals surface area contributed by atoms with Gasteiger partial charge in [0.1, 0.15) is 10.7 Å². The lowest BCUT2D eigenvalue weighted by Crippen LogP contribution is -2.34. The molecule has 1 aliphatic rings. The Balaban J connectivity index is 2.14. The molecule has 2 rings (SSSR count). The molecule has 0 aromatic heterocycles. The number of piperidine rings is 1. The summed E-state index contributed by atoms with van der Waals surface area (Å²) in [5.74, 6) is -2.38. The monoisotopic (exact) mass is 315 g/mol. The van der Waals surface area contributed by atoms with Crippen molar-refractivity contribution in [3.63, 3.8) is 0 Å². The summed E-state index contributed by atoms with van der Waals surface area (Å²) in [4.78, 5) is 12.4. The topological polar surface area (TPSA) is 74.7 Å². The molecule has 1 aliphatic heterocycles. The van der Waals surface area contributed by atoms with Gasteiger partial charge in [-0.15, -0.1) is 0 Å². The van der Waals surface area contributed by atoms with Crippen LogP contribution in [0.25, 0.3) is 0 Å². The Hall–Kier alpha value is -1.47. The Kier molecular flexibility index (Phi) is 4.95. The number of carbonyl (C=O) groups is 1. The molecule has 0 spiro atoms. The van der Waals surface area contributed by atoms with Gasteiger partial charge in [-0.05, 0) is 44.1 Å². The average molecular weight is 315 g/mol. The summed E-state index contributed by atoms with van der Waals surface area (Å²) in [6.45, 7) is 2.05. The van der Waals surface area contributed by atoms with Crippen molar-refractivity contribution in [2.24, 2.45) is 0 Å². The Morgan fingerprint density at radius 2 is 1.90 bits per heavy atom. The molecular weight excluding hydrogens is 297 g/mol. The molecule has 1 aromatic carbocycles. The second-order valence-electron chi connectivity index (χ2n) is 5.17. The molecule has 1 fully saturated rings. The summed E-state index contributed by atoms with van der Waals surface area (Å²) in [6.07, 6.45) is 3.24. The normalized spacial score (nSPS) is 16.8. The van der Waals surface area contributed by atoms with Crippen molar-refractivity contribution in [3.8, 4) is 0 Å². The van der Waals surface area contributed by atoms with Crippen LogP contribution >= 0.6 is 0 Å². The second kappa shape index (κ2) is 6.53. The molecule has 0 radical (unpaired) electrons. The van der Waals surface area contributed by atoms with Crippen LogP contribution in [0.4, 0.5) is 4.39 Å². The number of hydrogen-bond donors (Lipinski definition) is 1. The summed E-state index contributed by atoms with van der Waals surface area (Å²) in [5, 5.41) is 8.87. The molecule has 0 saturated carbocycles. The van der Waals surface area contributed by atoms with E-state index in [4.69, 9.17) is 5.11 Å². The van der Waals surface area contributed by atoms with Gasteiger partial charge in [0.25, 0.3) is 0 Å². The minimum absolute atomic E-state index is 0.201. The predicted octanol–water partition coefficient (Wildman–Crippen LogP) is 1.78. The van der Waals surface area contributed by atoms with Crippen LogP contribution in [-0.4, -0.2) is 49.8 Å². The third kappa shape index (κ3) is 4.01. The average Bonchev–Trinajstić information content (AvgIpc) is 2.46. The van der Waals surface area contributed by atoms with E-state index in [2.05, 4.69) is 0 Å². The number of carboxylic acid groups (broad SMARTS) is 1. The van der Waals surface area contributed by atoms with Crippen molar-refractivity contribution in [3.05, 3.63) is 29.6 Å². The maximum Gasteiger partial charge on any atom is 0.335 e. The van der Waals surface area contributed by atoms with Crippen LogP contribution in [0, 0.1) is 5.82 Å². The fourth-order valence-electron chi connectivity index (χ4n) is 2.42. The van der Waals surface area contributed by atoms with E-state index >= 15 is 0 Å². The van der Waals surface area contributed by atoms with Crippen molar-refractivity contribution < 1.29 is 22.7 Å². The molecule has 1 saturated heterocycles. The predicted molar refractivity (Wildman–Crippen MR) is 75.7 cm³/mol. The molecule has 7 heteroatoms. The maximum atomic E-state index is 13.7. The lowest BCUT2D eigenvalue weighted by molar-refractivity contribution is 0.0696. The van der Waals surface area contributed by atoms with Crippen molar-refractivity contribution in [2.45, 2.75) is 24.2 Å². The molecule has 1 N–H and O–H groups in total. The largest absolute Gasteiger partial charge is 0.478 e. The molecule has 0 aliphatic carbocycles. The molecule has 0 bridgehead atoms. The highest BCUT2D eigenvalue weighted by atomic mass is 32.2. The number of carboxylic acids is 1. The molecule has 21 heavy (non-hydrogen) atoms. The van der Waals surface area contributed by atoms with Crippen LogP contribution in [0.5, 0.6) is 0 Å². The van der Waals surface area contributed by atoms with Crippen molar-refractivity contribution in [2.75, 3.05) is 25.4 Å². The van der Waals surface area contributed by atoms with Crippen LogP contribution < -0.4 is 0 Å². The van der Waals surface area contributed by atoms with Crippen LogP contribution in [0.1, 0.15) is 29.6 Å². The number of nitrogens with zero attached hydrogens (tertiary/aromatic N) is 1. The van der Waals surface area contributed by atoms with Gasteiger partial charge in [-0.1, -0.05) is 6.42 Å². The first-order chi connectivity index (χ1) is 9.90. The van der Waals surface area contributed by atoms with E-state index in [1.54, 1.807) is 0 Å². The first kappa shape index (κ1) is 15.9. The highest BCUT2D eigenvalue weighted by molar-refractivity contribution is 7.91. The Bertz CT molecular complexity index is 624. The van der Waals surface area contributed by atoms with Gasteiger partial charge in [0.15, 0.2) is 9.84 Å². The van der Waals surface area contributed by atoms with Gasteiger partial charge in [0.05, 0.1) is 11.3 Å². The Labute approximate surface area is 123 Å². The van der Waals surface area contributed by atoms with Crippen molar-refractivity contribution in [1.82, 2.24) is 4.90 Å². The van der Waals surface area contributed by atoms with Crippen molar-refractivity contribution in [1.29, 1.82) is 0 Å². The van der Waals surface area contributed by atoms with E-state index in [1.807, 2.05) is 4.90 Å². The Morgan fingerprint density at radius 1 is 1.24 bits per heavy atom. The van der Waals surface area contributed by atoms with Gasteiger partial charge in [-0.25, -0.2) is 17.6 Å². The zero-order valence-corrected chi connectivity index (χ0v) is 12.4. The number of hydrogen-bond acceptors (Lipinski definition) is 4. The summed E-state index contributed by atoms with van der Waals surface area (Å²) in [7, 11) is -3.83. The van der Waals surface area contributed by atoms with E-state index in [0.29, 0.717) is 6.54 Å². The fourth-order valence-corrected chi connectivity index (χ4v) is 3.81. The summed E-state index contributed by atoms with van der Waals surface area (Å²) in [6, 6.07) is 2.84. The van der Waals surface area contributed by atoms with Crippen LogP contribution in [-0.2, 0) is 9.84 Å². The number of aromatic carboxylic acids is 1. The van der Waals surface area contributed by atoms with Crippen LogP contribution in [0.15, 0.2) is 23.1 Å². The molecule has 0 atom stereocenters. The summed E-state index contributed by atoms with van der Waals surface area (Å²) < 4.78 is 38.1. The first-order valence-corrected chi connectivity index (χ1v) is 8.53. The summed E-state index contributed by atoms with van der Waals surface area (Å²) in [5.41, 5.74) is -0.229. The lowest BCUT2D eigenvalue weighted by Gasteiger charge is -2.26. The molecule has 116 valence electrons. The Morgan fingerprint density at radius 3 is 2.52 bits per heavy atom. The minimum atomic E-state index is -3.83. The smallest absolute Gasteiger partial charge is 0.335 e. The van der Waals surface area contributed by atoms with Crippen LogP contribution in [0.2, 0.25) is 0 Å². The molecule has 0 amide bonds. The van der Waals surface area contributed by atoms with Gasteiger partial charge in [0, 0.05) is 6.54 Å². The number of benzene rings is 1. The molecule has 0 unspecified atom stereocenters. The van der Waals surface area contributed by atoms with Gasteiger partial charge >= 0.3 is 5.97 Å². The number of likely N-dealkylation sites (tertiary alicyclic amines) is 1. The standard InChI is InChI=1S/C14H18FNO4S/c15-12-5-4-11(14(17)18)10-13(12)21(19,20)9-8-16-6-2-1-3-7-16/h4-5,10H,1-3,6-9H2,(H,17,18). The lowest BCUT2D eigenvalue weighted by atomic mass is 10.1. The number of halogens is 1. The SMILES string of the molecule is O=C(O)c1ccc(F)c(S(=O)(=O)CCN2CCCCC2)c1. The fraction of sp³-hybridized carbons (Fsp3) is 0.500. The molecular formula is C14H18FNO4S. The third-order valence-electron chi connectivity index (χ3n) is 3.64. The van der Waals surface area contributed by atoms with E-state index in [-0.39, 0.29) is 11.3 Å². The zero-order chi connectivity index (χ0) is 15.5. The first-order valence-electron chi connectivity index (χ1n) is 6.88. The van der Waals surface area contributed by atoms with E-state index in [0.717, 1.165) is 50.6 Å². The second-order valence-corrected chi connectivity index (χ2v) is 7.25. The van der Waals surface area contributed by atoms with Gasteiger partial charge in [-0.3, -0.25) is 0 Å². The van der Waals surface area contributed by atoms with E-state index in [9.17, 15) is 17.6 Å². The van der Waals surface area contributed by atoms with E-state index < -0.39 is 26.5 Å². The van der Waals surface area contributed by atoms with E-state index in [1.165, 1.54) is 0 Å². The van der Waals surface area contributed by atoms with Gasteiger partial charge < -0.3 is 10.0 Å². The van der Waals surface area contributed by atoms with Gasteiger partial charge in [-0.2, -0.15) is 0 Å². The molecule has 5 nitrogen and oxygen atoms in total. The highest BCUT2D eigenvalue weighted by Gasteiger charge is 2.22. The molecule has 1 aromatic rings. The van der Waals surface area contributed by atoms with Crippen molar-refractivity contribution >= 4 is 15.8 Å². The number of sulfone groups is 1. The zero-order valence-electron chi connectivity index (χ0n) is 11.6. The quantitative estimate of drug-likeness (QED) is 0.896. The third-order valence-corrected chi connectivity index (χ3v) is 5.34.